The first-order chi connectivity index (χ1) is 5.90. The molecule has 0 aliphatic rings. The van der Waals surface area contributed by atoms with Crippen LogP contribution < -0.4 is 0 Å². The molecule has 0 radical (unpaired) electrons. The second-order valence-corrected chi connectivity index (χ2v) is 3.25. The summed E-state index contributed by atoms with van der Waals surface area (Å²) in [5, 5.41) is 4.50. The number of alkyl halides is 4. The Morgan fingerprint density at radius 3 is 1.93 bits per heavy atom. The maximum atomic E-state index is 12.3. The Bertz CT molecular complexity index is 340. The van der Waals surface area contributed by atoms with Gasteiger partial charge in [0.05, 0.1) is 4.92 Å². The first kappa shape index (κ1) is 13.3. The Morgan fingerprint density at radius 2 is 1.71 bits per heavy atom. The van der Waals surface area contributed by atoms with Gasteiger partial charge >= 0.3 is 21.9 Å². The monoisotopic (exact) mass is 261 g/mol. The summed E-state index contributed by atoms with van der Waals surface area (Å²) < 4.78 is 69.3. The Balaban J connectivity index is 5.06. The van der Waals surface area contributed by atoms with E-state index in [2.05, 4.69) is 15.8 Å². The number of rotatable bonds is 4. The molecule has 0 aromatic heterocycles. The Hall–Kier alpha value is -0.680. The summed E-state index contributed by atoms with van der Waals surface area (Å²) >= 11 is 4.00. The van der Waals surface area contributed by atoms with Gasteiger partial charge in [-0.3, -0.25) is 10.1 Å². The van der Waals surface area contributed by atoms with Gasteiger partial charge in [0.15, 0.2) is 0 Å². The van der Waals surface area contributed by atoms with Crippen LogP contribution >= 0.6 is 11.6 Å². The molecule has 0 aliphatic carbocycles. The summed E-state index contributed by atoms with van der Waals surface area (Å²) in [7, 11) is -6.28. The van der Waals surface area contributed by atoms with Gasteiger partial charge in [0.2, 0.25) is 0 Å². The van der Waals surface area contributed by atoms with Crippen LogP contribution in [0.4, 0.5) is 17.1 Å². The molecule has 0 amide bonds. The van der Waals surface area contributed by atoms with Crippen LogP contribution in [0.25, 0.3) is 0 Å². The molecule has 0 fully saturated rings. The average molecular weight is 262 g/mol. The van der Waals surface area contributed by atoms with Crippen molar-refractivity contribution in [3.05, 3.63) is 10.1 Å². The van der Waals surface area contributed by atoms with Crippen LogP contribution in [0.15, 0.2) is 0 Å². The third-order valence-electron chi connectivity index (χ3n) is 0.784. The fourth-order valence-corrected chi connectivity index (χ4v) is 0.726. The van der Waals surface area contributed by atoms with Gasteiger partial charge in [-0.25, -0.2) is 0 Å². The summed E-state index contributed by atoms with van der Waals surface area (Å²) in [6.45, 7) is 0. The van der Waals surface area contributed by atoms with E-state index in [9.17, 15) is 35.6 Å². The minimum Gasteiger partial charge on any atom is -0.260 e. The van der Waals surface area contributed by atoms with Crippen molar-refractivity contribution < 1.29 is 34.6 Å². The van der Waals surface area contributed by atoms with Crippen molar-refractivity contribution in [1.29, 1.82) is 0 Å². The molecule has 0 aliphatic heterocycles. The number of halogens is 5. The smallest absolute Gasteiger partial charge is 0.260 e. The maximum absolute atomic E-state index is 12.3. The lowest BCUT2D eigenvalue weighted by molar-refractivity contribution is -0.621. The Labute approximate surface area is 79.0 Å². The van der Waals surface area contributed by atoms with Gasteiger partial charge in [0.25, 0.3) is 0 Å². The molecule has 1 unspecified atom stereocenters. The summed E-state index contributed by atoms with van der Waals surface area (Å²) in [4.78, 5) is 7.20. The highest BCUT2D eigenvalue weighted by Crippen LogP contribution is 2.39. The highest BCUT2D eigenvalue weighted by molar-refractivity contribution is 7.81. The Morgan fingerprint density at radius 1 is 1.36 bits per heavy atom. The molecular weight excluding hydrogens is 262 g/mol. The van der Waals surface area contributed by atoms with Crippen LogP contribution in [0.2, 0.25) is 0 Å². The van der Waals surface area contributed by atoms with E-state index < -0.39 is 26.8 Å². The molecule has 84 valence electrons. The molecule has 14 heavy (non-hydrogen) atoms. The van der Waals surface area contributed by atoms with E-state index in [1.807, 2.05) is 0 Å². The normalized spacial score (nSPS) is 17.5. The molecule has 0 saturated heterocycles. The highest BCUT2D eigenvalue weighted by Gasteiger charge is 2.70. The van der Waals surface area contributed by atoms with E-state index in [0.29, 0.717) is 0 Å². The SMILES string of the molecule is O=[N+]([O-])C(F)(Cl)C(F)(F)OS(=O)(=O)F. The second kappa shape index (κ2) is 3.47. The van der Waals surface area contributed by atoms with Crippen LogP contribution in [0.1, 0.15) is 0 Å². The number of hydrogen-bond donors (Lipinski definition) is 0. The summed E-state index contributed by atoms with van der Waals surface area (Å²) in [5.74, 6) is 0. The molecule has 0 spiro atoms. The zero-order valence-electron chi connectivity index (χ0n) is 5.79. The topological polar surface area (TPSA) is 86.5 Å². The van der Waals surface area contributed by atoms with E-state index in [-0.39, 0.29) is 0 Å². The average Bonchev–Trinajstić information content (AvgIpc) is 1.80. The molecule has 0 N–H and O–H groups in total. The van der Waals surface area contributed by atoms with E-state index >= 15 is 0 Å². The fraction of sp³-hybridized carbons (Fsp3) is 1.00. The summed E-state index contributed by atoms with van der Waals surface area (Å²) in [6, 6.07) is 0. The lowest BCUT2D eigenvalue weighted by Crippen LogP contribution is -2.48. The largest absolute Gasteiger partial charge is 0.530 e. The number of hydrogen-bond acceptors (Lipinski definition) is 5. The lowest BCUT2D eigenvalue weighted by atomic mass is 10.6. The highest BCUT2D eigenvalue weighted by atomic mass is 35.5. The van der Waals surface area contributed by atoms with E-state index in [1.54, 1.807) is 0 Å². The molecule has 0 rings (SSSR count). The predicted molar refractivity (Wildman–Crippen MR) is 32.7 cm³/mol. The first-order valence-corrected chi connectivity index (χ1v) is 4.14. The minimum absolute atomic E-state index is 2.17. The lowest BCUT2D eigenvalue weighted by Gasteiger charge is -2.17. The zero-order valence-corrected chi connectivity index (χ0v) is 7.36. The van der Waals surface area contributed by atoms with E-state index in [0.717, 1.165) is 0 Å². The third-order valence-corrected chi connectivity index (χ3v) is 1.55. The molecular formula is C2ClF4NO5S. The zero-order chi connectivity index (χ0) is 11.8. The van der Waals surface area contributed by atoms with Crippen LogP contribution in [0.3, 0.4) is 0 Å². The molecule has 12 heteroatoms. The third kappa shape index (κ3) is 2.92. The van der Waals surface area contributed by atoms with Crippen molar-refractivity contribution in [2.45, 2.75) is 11.4 Å². The fourth-order valence-electron chi connectivity index (χ4n) is 0.281. The van der Waals surface area contributed by atoms with E-state index in [4.69, 9.17) is 0 Å². The van der Waals surface area contributed by atoms with Gasteiger partial charge in [0.1, 0.15) is 0 Å². The standard InChI is InChI=1S/C2ClF4NO5S/c3-1(4,8(9)10)2(5,6)13-14(7,11)12. The molecule has 6 nitrogen and oxygen atoms in total. The summed E-state index contributed by atoms with van der Waals surface area (Å²) in [6.07, 6.45) is -5.66. The predicted octanol–water partition coefficient (Wildman–Crippen LogP) is 0.949. The molecule has 0 aromatic carbocycles. The van der Waals surface area contributed by atoms with Gasteiger partial charge < -0.3 is 0 Å². The van der Waals surface area contributed by atoms with Crippen molar-refractivity contribution in [3.63, 3.8) is 0 Å². The van der Waals surface area contributed by atoms with Crippen molar-refractivity contribution in [3.8, 4) is 0 Å². The van der Waals surface area contributed by atoms with Crippen molar-refractivity contribution in [2.24, 2.45) is 0 Å². The number of nitro groups is 1. The number of nitrogens with zero attached hydrogens (tertiary/aromatic N) is 1. The van der Waals surface area contributed by atoms with E-state index in [1.165, 1.54) is 0 Å². The maximum Gasteiger partial charge on any atom is 0.530 e. The summed E-state index contributed by atoms with van der Waals surface area (Å²) in [5.41, 5.74) is 0. The van der Waals surface area contributed by atoms with Crippen molar-refractivity contribution >= 4 is 22.1 Å². The molecule has 0 saturated carbocycles. The molecule has 0 bridgehead atoms. The van der Waals surface area contributed by atoms with Gasteiger partial charge in [0, 0.05) is 11.6 Å². The van der Waals surface area contributed by atoms with Crippen LogP contribution in [0.5, 0.6) is 0 Å². The Kier molecular flexibility index (Phi) is 3.30. The molecule has 0 aromatic rings. The quantitative estimate of drug-likeness (QED) is 0.188. The molecule has 1 atom stereocenters. The minimum atomic E-state index is -6.28. The van der Waals surface area contributed by atoms with Gasteiger partial charge in [-0.2, -0.15) is 21.4 Å². The van der Waals surface area contributed by atoms with Crippen molar-refractivity contribution in [2.75, 3.05) is 0 Å². The van der Waals surface area contributed by atoms with Crippen LogP contribution in [-0.2, 0) is 14.7 Å². The van der Waals surface area contributed by atoms with Gasteiger partial charge in [-0.1, -0.05) is 3.89 Å². The van der Waals surface area contributed by atoms with Gasteiger partial charge in [-0.05, 0) is 0 Å². The second-order valence-electron chi connectivity index (χ2n) is 1.79. The molecule has 0 heterocycles. The van der Waals surface area contributed by atoms with Gasteiger partial charge in [-0.15, -0.1) is 4.39 Å². The first-order valence-electron chi connectivity index (χ1n) is 2.45. The van der Waals surface area contributed by atoms with Crippen LogP contribution in [-0.4, -0.2) is 24.7 Å². The van der Waals surface area contributed by atoms with Crippen molar-refractivity contribution in [1.82, 2.24) is 0 Å². The van der Waals surface area contributed by atoms with Crippen LogP contribution in [0, 0.1) is 10.1 Å².